The van der Waals surface area contributed by atoms with Gasteiger partial charge in [0, 0.05) is 6.92 Å². The van der Waals surface area contributed by atoms with Crippen LogP contribution >= 0.6 is 0 Å². The Morgan fingerprint density at radius 2 is 1.63 bits per heavy atom. The maximum absolute atomic E-state index is 12.4. The Kier molecular flexibility index (Phi) is 6.13. The van der Waals surface area contributed by atoms with E-state index in [2.05, 4.69) is 0 Å². The molecule has 0 bridgehead atoms. The molecule has 27 heavy (non-hydrogen) atoms. The van der Waals surface area contributed by atoms with Crippen molar-refractivity contribution in [3.8, 4) is 11.5 Å². The highest BCUT2D eigenvalue weighted by molar-refractivity contribution is 6.08. The number of benzene rings is 2. The normalized spacial score (nSPS) is 11.2. The van der Waals surface area contributed by atoms with Gasteiger partial charge in [0.15, 0.2) is 11.4 Å². The second-order valence-electron chi connectivity index (χ2n) is 6.27. The van der Waals surface area contributed by atoms with Crippen LogP contribution in [-0.4, -0.2) is 28.4 Å². The molecule has 0 atom stereocenters. The second kappa shape index (κ2) is 8.31. The van der Waals surface area contributed by atoms with Crippen LogP contribution in [0.3, 0.4) is 0 Å². The molecule has 2 aromatic rings. The SMILES string of the molecule is CC(=O)Oc1ccccc1C(=O)/C=C/c1ccc(OC(C)(C)C(=O)O)cc1. The van der Waals surface area contributed by atoms with E-state index in [4.69, 9.17) is 14.6 Å². The zero-order valence-electron chi connectivity index (χ0n) is 15.3. The Balaban J connectivity index is 2.11. The molecule has 0 fully saturated rings. The van der Waals surface area contributed by atoms with Crippen molar-refractivity contribution in [2.75, 3.05) is 0 Å². The lowest BCUT2D eigenvalue weighted by molar-refractivity contribution is -0.152. The van der Waals surface area contributed by atoms with Gasteiger partial charge in [-0.3, -0.25) is 9.59 Å². The van der Waals surface area contributed by atoms with Crippen molar-refractivity contribution >= 4 is 23.8 Å². The molecular weight excluding hydrogens is 348 g/mol. The number of hydrogen-bond donors (Lipinski definition) is 1. The van der Waals surface area contributed by atoms with Crippen molar-refractivity contribution < 1.29 is 29.0 Å². The van der Waals surface area contributed by atoms with Crippen LogP contribution in [0.4, 0.5) is 0 Å². The molecule has 0 aliphatic carbocycles. The lowest BCUT2D eigenvalue weighted by Gasteiger charge is -2.21. The quantitative estimate of drug-likeness (QED) is 0.346. The largest absolute Gasteiger partial charge is 0.478 e. The summed E-state index contributed by atoms with van der Waals surface area (Å²) in [6.07, 6.45) is 2.98. The number of rotatable bonds is 7. The van der Waals surface area contributed by atoms with E-state index < -0.39 is 17.5 Å². The number of carboxylic acid groups (broad SMARTS) is 1. The molecule has 0 radical (unpaired) electrons. The molecule has 0 aliphatic heterocycles. The maximum Gasteiger partial charge on any atom is 0.347 e. The summed E-state index contributed by atoms with van der Waals surface area (Å²) < 4.78 is 10.5. The van der Waals surface area contributed by atoms with Gasteiger partial charge < -0.3 is 14.6 Å². The zero-order chi connectivity index (χ0) is 20.0. The second-order valence-corrected chi connectivity index (χ2v) is 6.27. The predicted octanol–water partition coefficient (Wildman–Crippen LogP) is 3.75. The molecule has 140 valence electrons. The van der Waals surface area contributed by atoms with Gasteiger partial charge in [-0.25, -0.2) is 4.79 Å². The number of aliphatic carboxylic acids is 1. The summed E-state index contributed by atoms with van der Waals surface area (Å²) in [7, 11) is 0. The minimum absolute atomic E-state index is 0.208. The van der Waals surface area contributed by atoms with Crippen LogP contribution in [-0.2, 0) is 9.59 Å². The topological polar surface area (TPSA) is 89.9 Å². The van der Waals surface area contributed by atoms with Crippen molar-refractivity contribution in [2.24, 2.45) is 0 Å². The molecule has 0 amide bonds. The third-order valence-corrected chi connectivity index (χ3v) is 3.60. The average molecular weight is 368 g/mol. The number of esters is 1. The summed E-state index contributed by atoms with van der Waals surface area (Å²) in [5.74, 6) is -1.26. The van der Waals surface area contributed by atoms with Crippen LogP contribution in [0.25, 0.3) is 6.08 Å². The first-order valence-electron chi connectivity index (χ1n) is 8.21. The number of hydrogen-bond acceptors (Lipinski definition) is 5. The molecule has 0 saturated carbocycles. The molecule has 2 rings (SSSR count). The van der Waals surface area contributed by atoms with E-state index in [-0.39, 0.29) is 17.1 Å². The van der Waals surface area contributed by atoms with E-state index >= 15 is 0 Å². The molecule has 0 aromatic heterocycles. The molecule has 0 saturated heterocycles. The number of allylic oxidation sites excluding steroid dienone is 1. The van der Waals surface area contributed by atoms with Gasteiger partial charge in [0.05, 0.1) is 5.56 Å². The first kappa shape index (κ1) is 19.9. The van der Waals surface area contributed by atoms with Gasteiger partial charge in [-0.15, -0.1) is 0 Å². The van der Waals surface area contributed by atoms with Crippen molar-refractivity contribution in [3.63, 3.8) is 0 Å². The van der Waals surface area contributed by atoms with E-state index in [0.717, 1.165) is 5.56 Å². The van der Waals surface area contributed by atoms with Crippen LogP contribution in [0, 0.1) is 0 Å². The van der Waals surface area contributed by atoms with Crippen LogP contribution in [0.2, 0.25) is 0 Å². The molecule has 0 unspecified atom stereocenters. The smallest absolute Gasteiger partial charge is 0.347 e. The molecule has 0 aliphatic rings. The number of ether oxygens (including phenoxy) is 2. The van der Waals surface area contributed by atoms with Crippen molar-refractivity contribution in [1.82, 2.24) is 0 Å². The van der Waals surface area contributed by atoms with E-state index in [9.17, 15) is 14.4 Å². The minimum Gasteiger partial charge on any atom is -0.478 e. The minimum atomic E-state index is -1.34. The first-order valence-corrected chi connectivity index (χ1v) is 8.21. The fraction of sp³-hybridized carbons (Fsp3) is 0.190. The number of carbonyl (C=O) groups excluding carboxylic acids is 2. The summed E-state index contributed by atoms with van der Waals surface area (Å²) in [4.78, 5) is 34.6. The number of carboxylic acids is 1. The third-order valence-electron chi connectivity index (χ3n) is 3.60. The Morgan fingerprint density at radius 1 is 1.00 bits per heavy atom. The monoisotopic (exact) mass is 368 g/mol. The van der Waals surface area contributed by atoms with Crippen LogP contribution in [0.15, 0.2) is 54.6 Å². The maximum atomic E-state index is 12.4. The number of ketones is 1. The van der Waals surface area contributed by atoms with Gasteiger partial charge in [-0.1, -0.05) is 30.3 Å². The Hall–Kier alpha value is -3.41. The molecule has 1 N–H and O–H groups in total. The van der Waals surface area contributed by atoms with Gasteiger partial charge in [-0.2, -0.15) is 0 Å². The van der Waals surface area contributed by atoms with Gasteiger partial charge in [0.2, 0.25) is 0 Å². The highest BCUT2D eigenvalue weighted by Gasteiger charge is 2.29. The van der Waals surface area contributed by atoms with E-state index in [1.807, 2.05) is 0 Å². The predicted molar refractivity (Wildman–Crippen MR) is 99.9 cm³/mol. The highest BCUT2D eigenvalue weighted by atomic mass is 16.5. The Morgan fingerprint density at radius 3 is 2.22 bits per heavy atom. The fourth-order valence-corrected chi connectivity index (χ4v) is 2.16. The van der Waals surface area contributed by atoms with E-state index in [0.29, 0.717) is 5.75 Å². The Labute approximate surface area is 157 Å². The fourth-order valence-electron chi connectivity index (χ4n) is 2.16. The van der Waals surface area contributed by atoms with Crippen molar-refractivity contribution in [3.05, 3.63) is 65.7 Å². The number of carbonyl (C=O) groups is 3. The summed E-state index contributed by atoms with van der Waals surface area (Å²) >= 11 is 0. The highest BCUT2D eigenvalue weighted by Crippen LogP contribution is 2.21. The summed E-state index contributed by atoms with van der Waals surface area (Å²) in [6, 6.07) is 13.2. The molecule has 0 heterocycles. The average Bonchev–Trinajstić information content (AvgIpc) is 2.60. The standard InChI is InChI=1S/C21H20O6/c1-14(22)26-19-7-5-4-6-17(19)18(23)13-10-15-8-11-16(12-9-15)27-21(2,3)20(24)25/h4-13H,1-3H3,(H,24,25)/b13-10+. The molecule has 6 heteroatoms. The lowest BCUT2D eigenvalue weighted by atomic mass is 10.1. The molecule has 6 nitrogen and oxygen atoms in total. The van der Waals surface area contributed by atoms with Crippen molar-refractivity contribution in [1.29, 1.82) is 0 Å². The van der Waals surface area contributed by atoms with E-state index in [1.165, 1.54) is 26.8 Å². The van der Waals surface area contributed by atoms with Gasteiger partial charge in [0.1, 0.15) is 11.5 Å². The van der Waals surface area contributed by atoms with Crippen molar-refractivity contribution in [2.45, 2.75) is 26.4 Å². The van der Waals surface area contributed by atoms with E-state index in [1.54, 1.807) is 54.6 Å². The molecular formula is C21H20O6. The van der Waals surface area contributed by atoms with Gasteiger partial charge in [0.25, 0.3) is 0 Å². The Bertz CT molecular complexity index is 878. The first-order chi connectivity index (χ1) is 12.7. The van der Waals surface area contributed by atoms with Gasteiger partial charge >= 0.3 is 11.9 Å². The zero-order valence-corrected chi connectivity index (χ0v) is 15.3. The van der Waals surface area contributed by atoms with Crippen LogP contribution < -0.4 is 9.47 Å². The third kappa shape index (κ3) is 5.54. The molecule has 0 spiro atoms. The lowest BCUT2D eigenvalue weighted by Crippen LogP contribution is -2.37. The molecule has 2 aromatic carbocycles. The number of para-hydroxylation sites is 1. The van der Waals surface area contributed by atoms with Crippen LogP contribution in [0.5, 0.6) is 11.5 Å². The summed E-state index contributed by atoms with van der Waals surface area (Å²) in [5, 5.41) is 9.08. The van der Waals surface area contributed by atoms with Gasteiger partial charge in [-0.05, 0) is 49.8 Å². The summed E-state index contributed by atoms with van der Waals surface area (Å²) in [6.45, 7) is 4.19. The summed E-state index contributed by atoms with van der Waals surface area (Å²) in [5.41, 5.74) is -0.325. The van der Waals surface area contributed by atoms with Crippen LogP contribution in [0.1, 0.15) is 36.7 Å².